The quantitative estimate of drug-likeness (QED) is 0.558. The number of imide groups is 1. The number of hydrogen-bond acceptors (Lipinski definition) is 3. The van der Waals surface area contributed by atoms with Crippen LogP contribution in [-0.4, -0.2) is 17.7 Å². The van der Waals surface area contributed by atoms with Gasteiger partial charge in [-0.05, 0) is 60.7 Å². The number of nitrogens with one attached hydrogen (secondary N) is 1. The summed E-state index contributed by atoms with van der Waals surface area (Å²) in [6.07, 6.45) is 0.955. The minimum Gasteiger partial charge on any atom is -0.322 e. The molecular formula is C26H24N2O3. The molecule has 1 aliphatic rings. The van der Waals surface area contributed by atoms with Gasteiger partial charge in [0.15, 0.2) is 0 Å². The molecule has 0 saturated heterocycles. The topological polar surface area (TPSA) is 66.5 Å². The Kier molecular flexibility index (Phi) is 5.42. The lowest BCUT2D eigenvalue weighted by atomic mass is 9.96. The molecule has 1 N–H and O–H groups in total. The number of amides is 3. The van der Waals surface area contributed by atoms with Gasteiger partial charge in [0.05, 0.1) is 16.8 Å². The minimum absolute atomic E-state index is 0.246. The molecule has 3 aromatic carbocycles. The lowest BCUT2D eigenvalue weighted by Crippen LogP contribution is -2.29. The first-order valence-corrected chi connectivity index (χ1v) is 10.4. The van der Waals surface area contributed by atoms with Crippen LogP contribution in [0.1, 0.15) is 68.4 Å². The molecule has 0 aromatic heterocycles. The van der Waals surface area contributed by atoms with Gasteiger partial charge in [0, 0.05) is 11.3 Å². The minimum atomic E-state index is -0.413. The molecule has 0 radical (unpaired) electrons. The number of nitrogens with zero attached hydrogens (tertiary/aromatic N) is 1. The van der Waals surface area contributed by atoms with E-state index in [0.717, 1.165) is 23.2 Å². The highest BCUT2D eigenvalue weighted by molar-refractivity contribution is 6.35. The SMILES string of the molecule is CC[C@@H](C)c1ccccc1NC(=O)c1ccc2c(c1)C(=O)N(c1ccccc1C)C2=O. The molecule has 0 aliphatic carbocycles. The van der Waals surface area contributed by atoms with Crippen molar-refractivity contribution in [2.45, 2.75) is 33.1 Å². The summed E-state index contributed by atoms with van der Waals surface area (Å²) in [5, 5.41) is 2.96. The van der Waals surface area contributed by atoms with Gasteiger partial charge >= 0.3 is 0 Å². The van der Waals surface area contributed by atoms with Crippen molar-refractivity contribution < 1.29 is 14.4 Å². The van der Waals surface area contributed by atoms with Gasteiger partial charge in [0.1, 0.15) is 0 Å². The van der Waals surface area contributed by atoms with Crippen LogP contribution in [0.4, 0.5) is 11.4 Å². The molecule has 0 bridgehead atoms. The molecule has 31 heavy (non-hydrogen) atoms. The lowest BCUT2D eigenvalue weighted by Gasteiger charge is -2.16. The van der Waals surface area contributed by atoms with Crippen molar-refractivity contribution >= 4 is 29.1 Å². The number of carbonyl (C=O) groups excluding carboxylic acids is 3. The molecule has 3 amide bonds. The Balaban J connectivity index is 1.64. The highest BCUT2D eigenvalue weighted by Gasteiger charge is 2.37. The van der Waals surface area contributed by atoms with E-state index in [-0.39, 0.29) is 17.4 Å². The number of fused-ring (bicyclic) bond motifs is 1. The first-order chi connectivity index (χ1) is 14.9. The molecule has 5 nitrogen and oxygen atoms in total. The number of benzene rings is 3. The van der Waals surface area contributed by atoms with E-state index in [4.69, 9.17) is 0 Å². The van der Waals surface area contributed by atoms with Crippen LogP contribution in [0, 0.1) is 6.92 Å². The average molecular weight is 412 g/mol. The summed E-state index contributed by atoms with van der Waals surface area (Å²) in [5.74, 6) is -0.793. The molecule has 4 rings (SSSR count). The Morgan fingerprint density at radius 3 is 2.35 bits per heavy atom. The molecule has 156 valence electrons. The van der Waals surface area contributed by atoms with Crippen molar-refractivity contribution in [1.29, 1.82) is 0 Å². The van der Waals surface area contributed by atoms with E-state index in [1.54, 1.807) is 24.3 Å². The van der Waals surface area contributed by atoms with Gasteiger partial charge in [0.25, 0.3) is 17.7 Å². The maximum Gasteiger partial charge on any atom is 0.266 e. The Hall–Kier alpha value is -3.73. The van der Waals surface area contributed by atoms with Gasteiger partial charge in [-0.3, -0.25) is 14.4 Å². The van der Waals surface area contributed by atoms with Crippen LogP contribution in [0.25, 0.3) is 0 Å². The Bertz CT molecular complexity index is 1200. The van der Waals surface area contributed by atoms with Gasteiger partial charge in [-0.15, -0.1) is 0 Å². The predicted molar refractivity (Wildman–Crippen MR) is 122 cm³/mol. The van der Waals surface area contributed by atoms with Gasteiger partial charge in [-0.2, -0.15) is 0 Å². The first kappa shape index (κ1) is 20.5. The molecule has 1 atom stereocenters. The van der Waals surface area contributed by atoms with Crippen molar-refractivity contribution in [3.8, 4) is 0 Å². The molecule has 0 fully saturated rings. The fourth-order valence-electron chi connectivity index (χ4n) is 3.87. The molecule has 0 saturated carbocycles. The third kappa shape index (κ3) is 3.63. The second kappa shape index (κ2) is 8.19. The van der Waals surface area contributed by atoms with Gasteiger partial charge in [-0.1, -0.05) is 50.2 Å². The molecule has 0 spiro atoms. The lowest BCUT2D eigenvalue weighted by molar-refractivity contribution is 0.0925. The zero-order chi connectivity index (χ0) is 22.1. The Morgan fingerprint density at radius 2 is 1.61 bits per heavy atom. The zero-order valence-corrected chi connectivity index (χ0v) is 17.8. The largest absolute Gasteiger partial charge is 0.322 e. The van der Waals surface area contributed by atoms with E-state index in [0.29, 0.717) is 22.7 Å². The van der Waals surface area contributed by atoms with Crippen LogP contribution < -0.4 is 10.2 Å². The van der Waals surface area contributed by atoms with Crippen LogP contribution in [0.15, 0.2) is 66.7 Å². The van der Waals surface area contributed by atoms with Crippen molar-refractivity contribution in [3.05, 3.63) is 94.5 Å². The number of rotatable bonds is 5. The molecule has 0 unspecified atom stereocenters. The van der Waals surface area contributed by atoms with Crippen molar-refractivity contribution in [3.63, 3.8) is 0 Å². The van der Waals surface area contributed by atoms with E-state index < -0.39 is 5.91 Å². The van der Waals surface area contributed by atoms with Gasteiger partial charge < -0.3 is 5.32 Å². The first-order valence-electron chi connectivity index (χ1n) is 10.4. The second-order valence-corrected chi connectivity index (χ2v) is 7.84. The smallest absolute Gasteiger partial charge is 0.266 e. The number of anilines is 2. The van der Waals surface area contributed by atoms with Crippen molar-refractivity contribution in [2.24, 2.45) is 0 Å². The Morgan fingerprint density at radius 1 is 0.935 bits per heavy atom. The summed E-state index contributed by atoms with van der Waals surface area (Å²) in [6, 6.07) is 19.6. The molecule has 5 heteroatoms. The third-order valence-corrected chi connectivity index (χ3v) is 5.86. The number of para-hydroxylation sites is 2. The number of aryl methyl sites for hydroxylation is 1. The third-order valence-electron chi connectivity index (χ3n) is 5.86. The van der Waals surface area contributed by atoms with Gasteiger partial charge in [0.2, 0.25) is 0 Å². The van der Waals surface area contributed by atoms with E-state index in [1.165, 1.54) is 11.0 Å². The van der Waals surface area contributed by atoms with Crippen LogP contribution in [0.2, 0.25) is 0 Å². The normalized spacial score (nSPS) is 13.8. The fraction of sp³-hybridized carbons (Fsp3) is 0.192. The van der Waals surface area contributed by atoms with E-state index in [1.807, 2.05) is 43.3 Å². The molecule has 3 aromatic rings. The van der Waals surface area contributed by atoms with Gasteiger partial charge in [-0.25, -0.2) is 4.90 Å². The molecule has 1 aliphatic heterocycles. The standard InChI is InChI=1S/C26H24N2O3/c1-4-16(2)19-10-6-7-11-22(19)27-24(29)18-13-14-20-21(15-18)26(31)28(25(20)30)23-12-8-5-9-17(23)3/h5-16H,4H2,1-3H3,(H,27,29)/t16-/m1/s1. The number of hydrogen-bond donors (Lipinski definition) is 1. The summed E-state index contributed by atoms with van der Waals surface area (Å²) in [5.41, 5.74) is 4.10. The maximum atomic E-state index is 13.0. The molecular weight excluding hydrogens is 388 g/mol. The van der Waals surface area contributed by atoms with Crippen LogP contribution in [0.5, 0.6) is 0 Å². The van der Waals surface area contributed by atoms with E-state index in [2.05, 4.69) is 19.2 Å². The maximum absolute atomic E-state index is 13.0. The zero-order valence-electron chi connectivity index (χ0n) is 17.8. The van der Waals surface area contributed by atoms with Crippen LogP contribution in [-0.2, 0) is 0 Å². The van der Waals surface area contributed by atoms with E-state index in [9.17, 15) is 14.4 Å². The summed E-state index contributed by atoms with van der Waals surface area (Å²) < 4.78 is 0. The summed E-state index contributed by atoms with van der Waals surface area (Å²) in [7, 11) is 0. The highest BCUT2D eigenvalue weighted by atomic mass is 16.2. The average Bonchev–Trinajstić information content (AvgIpc) is 3.03. The van der Waals surface area contributed by atoms with Crippen molar-refractivity contribution in [2.75, 3.05) is 10.2 Å². The summed E-state index contributed by atoms with van der Waals surface area (Å²) in [4.78, 5) is 40.1. The monoisotopic (exact) mass is 412 g/mol. The predicted octanol–water partition coefficient (Wildman–Crippen LogP) is 5.56. The van der Waals surface area contributed by atoms with Crippen LogP contribution in [0.3, 0.4) is 0 Å². The van der Waals surface area contributed by atoms with Crippen molar-refractivity contribution in [1.82, 2.24) is 0 Å². The Labute approximate surface area is 181 Å². The molecule has 1 heterocycles. The fourth-order valence-corrected chi connectivity index (χ4v) is 3.87. The number of carbonyl (C=O) groups is 3. The van der Waals surface area contributed by atoms with E-state index >= 15 is 0 Å². The van der Waals surface area contributed by atoms with Crippen LogP contribution >= 0.6 is 0 Å². The highest BCUT2D eigenvalue weighted by Crippen LogP contribution is 2.31. The summed E-state index contributed by atoms with van der Waals surface area (Å²) in [6.45, 7) is 6.07. The summed E-state index contributed by atoms with van der Waals surface area (Å²) >= 11 is 0. The second-order valence-electron chi connectivity index (χ2n) is 7.84.